The number of carbonyl (C=O) groups is 3. The zero-order chi connectivity index (χ0) is 50.7. The second kappa shape index (κ2) is 58.4. The van der Waals surface area contributed by atoms with Gasteiger partial charge < -0.3 is 14.2 Å². The molecule has 0 fully saturated rings. The van der Waals surface area contributed by atoms with E-state index < -0.39 is 6.10 Å². The molecule has 0 aliphatic carbocycles. The van der Waals surface area contributed by atoms with E-state index in [0.29, 0.717) is 19.3 Å². The molecule has 0 aliphatic rings. The van der Waals surface area contributed by atoms with E-state index in [0.717, 1.165) is 109 Å². The lowest BCUT2D eigenvalue weighted by molar-refractivity contribution is -0.167. The van der Waals surface area contributed by atoms with Crippen LogP contribution in [0, 0.1) is 0 Å². The molecule has 6 heteroatoms. The van der Waals surface area contributed by atoms with Crippen molar-refractivity contribution in [1.29, 1.82) is 0 Å². The van der Waals surface area contributed by atoms with Gasteiger partial charge in [0.25, 0.3) is 0 Å². The maximum atomic E-state index is 12.8. The molecule has 0 saturated heterocycles. The molecule has 70 heavy (non-hydrogen) atoms. The summed E-state index contributed by atoms with van der Waals surface area (Å²) in [5, 5.41) is 0. The molecule has 0 aromatic heterocycles. The molecule has 1 atom stereocenters. The third kappa shape index (κ3) is 55.8. The summed E-state index contributed by atoms with van der Waals surface area (Å²) in [6, 6.07) is 0. The van der Waals surface area contributed by atoms with Gasteiger partial charge in [-0.3, -0.25) is 14.4 Å². The summed E-state index contributed by atoms with van der Waals surface area (Å²) in [4.78, 5) is 38.0. The highest BCUT2D eigenvalue weighted by Crippen LogP contribution is 2.16. The molecule has 0 spiro atoms. The number of carbonyl (C=O) groups excluding carboxylic acids is 3. The molecular weight excluding hydrogens is 865 g/mol. The highest BCUT2D eigenvalue weighted by molar-refractivity contribution is 5.71. The smallest absolute Gasteiger partial charge is 0.306 e. The van der Waals surface area contributed by atoms with Gasteiger partial charge in [-0.2, -0.15) is 0 Å². The Balaban J connectivity index is 4.10. The van der Waals surface area contributed by atoms with Crippen molar-refractivity contribution in [2.75, 3.05) is 13.2 Å². The number of ether oxygens (including phenoxy) is 3. The molecular formula is C64H112O6. The first-order valence-corrected chi connectivity index (χ1v) is 29.9. The summed E-state index contributed by atoms with van der Waals surface area (Å²) >= 11 is 0. The number of esters is 3. The van der Waals surface area contributed by atoms with Gasteiger partial charge in [0.15, 0.2) is 6.10 Å². The average Bonchev–Trinajstić information content (AvgIpc) is 3.36. The number of rotatable bonds is 54. The molecule has 0 radical (unpaired) electrons. The van der Waals surface area contributed by atoms with Gasteiger partial charge in [-0.05, 0) is 89.9 Å². The van der Waals surface area contributed by atoms with E-state index in [4.69, 9.17) is 14.2 Å². The molecule has 0 aromatic carbocycles. The summed E-state index contributed by atoms with van der Waals surface area (Å²) < 4.78 is 16.8. The number of hydrogen-bond donors (Lipinski definition) is 0. The van der Waals surface area contributed by atoms with E-state index in [1.165, 1.54) is 148 Å². The maximum Gasteiger partial charge on any atom is 0.306 e. The van der Waals surface area contributed by atoms with E-state index in [1.807, 2.05) is 0 Å². The Hall–Kier alpha value is -3.15. The van der Waals surface area contributed by atoms with Gasteiger partial charge in [0.2, 0.25) is 0 Å². The Kier molecular flexibility index (Phi) is 55.8. The molecule has 0 heterocycles. The third-order valence-electron chi connectivity index (χ3n) is 12.9. The van der Waals surface area contributed by atoms with Crippen LogP contribution in [-0.2, 0) is 28.6 Å². The van der Waals surface area contributed by atoms with Crippen LogP contribution in [0.1, 0.15) is 297 Å². The lowest BCUT2D eigenvalue weighted by Gasteiger charge is -2.18. The fourth-order valence-corrected chi connectivity index (χ4v) is 8.47. The Bertz CT molecular complexity index is 1310. The van der Waals surface area contributed by atoms with Crippen LogP contribution in [0.25, 0.3) is 0 Å². The van der Waals surface area contributed by atoms with E-state index in [9.17, 15) is 14.4 Å². The van der Waals surface area contributed by atoms with Crippen molar-refractivity contribution in [2.24, 2.45) is 0 Å². The normalized spacial score (nSPS) is 12.6. The first kappa shape index (κ1) is 66.9. The van der Waals surface area contributed by atoms with Crippen molar-refractivity contribution < 1.29 is 28.6 Å². The highest BCUT2D eigenvalue weighted by atomic mass is 16.6. The lowest BCUT2D eigenvalue weighted by Crippen LogP contribution is -2.30. The van der Waals surface area contributed by atoms with Gasteiger partial charge in [-0.1, -0.05) is 261 Å². The molecule has 404 valence electrons. The van der Waals surface area contributed by atoms with Crippen LogP contribution in [-0.4, -0.2) is 37.2 Å². The Morgan fingerprint density at radius 1 is 0.300 bits per heavy atom. The van der Waals surface area contributed by atoms with Crippen LogP contribution < -0.4 is 0 Å². The highest BCUT2D eigenvalue weighted by Gasteiger charge is 2.19. The van der Waals surface area contributed by atoms with Gasteiger partial charge in [0.1, 0.15) is 13.2 Å². The molecule has 6 nitrogen and oxygen atoms in total. The molecule has 0 saturated carbocycles. The zero-order valence-corrected chi connectivity index (χ0v) is 46.3. The van der Waals surface area contributed by atoms with E-state index >= 15 is 0 Å². The van der Waals surface area contributed by atoms with E-state index in [2.05, 4.69) is 93.7 Å². The van der Waals surface area contributed by atoms with Gasteiger partial charge in [-0.25, -0.2) is 0 Å². The largest absolute Gasteiger partial charge is 0.462 e. The van der Waals surface area contributed by atoms with Crippen LogP contribution in [0.5, 0.6) is 0 Å². The Labute approximate surface area is 433 Å². The minimum Gasteiger partial charge on any atom is -0.462 e. The fraction of sp³-hybridized carbons (Fsp3) is 0.766. The summed E-state index contributed by atoms with van der Waals surface area (Å²) in [5.41, 5.74) is 0. The predicted octanol–water partition coefficient (Wildman–Crippen LogP) is 20.2. The minimum absolute atomic E-state index is 0.0777. The molecule has 1 unspecified atom stereocenters. The quantitative estimate of drug-likeness (QED) is 0.0261. The van der Waals surface area contributed by atoms with Crippen LogP contribution in [0.4, 0.5) is 0 Å². The SMILES string of the molecule is CC/C=C\C/C=C\C/C=C\C/C=C\CCCCCCCCCCCCCCCCCCC(=O)OCC(COC(=O)CCCCCCCCCC)OC(=O)CCCCCCC/C=C\C/C=C\CCCCC. The number of allylic oxidation sites excluding steroid dienone is 12. The van der Waals surface area contributed by atoms with Crippen molar-refractivity contribution in [3.05, 3.63) is 72.9 Å². The minimum atomic E-state index is -0.778. The van der Waals surface area contributed by atoms with Crippen LogP contribution >= 0.6 is 0 Å². The van der Waals surface area contributed by atoms with Gasteiger partial charge in [0.05, 0.1) is 0 Å². The number of unbranched alkanes of at least 4 members (excludes halogenated alkanes) is 31. The predicted molar refractivity (Wildman–Crippen MR) is 302 cm³/mol. The van der Waals surface area contributed by atoms with Crippen LogP contribution in [0.2, 0.25) is 0 Å². The van der Waals surface area contributed by atoms with Crippen LogP contribution in [0.15, 0.2) is 72.9 Å². The molecule has 0 aliphatic heterocycles. The van der Waals surface area contributed by atoms with Crippen molar-refractivity contribution >= 4 is 17.9 Å². The zero-order valence-electron chi connectivity index (χ0n) is 46.3. The van der Waals surface area contributed by atoms with Crippen molar-refractivity contribution in [3.8, 4) is 0 Å². The second-order valence-corrected chi connectivity index (χ2v) is 19.9. The molecule has 0 rings (SSSR count). The van der Waals surface area contributed by atoms with Gasteiger partial charge >= 0.3 is 17.9 Å². The van der Waals surface area contributed by atoms with Gasteiger partial charge in [0, 0.05) is 19.3 Å². The first-order chi connectivity index (χ1) is 34.5. The summed E-state index contributed by atoms with van der Waals surface area (Å²) in [6.07, 6.45) is 74.9. The third-order valence-corrected chi connectivity index (χ3v) is 12.9. The molecule has 0 aromatic rings. The van der Waals surface area contributed by atoms with E-state index in [-0.39, 0.29) is 31.1 Å². The summed E-state index contributed by atoms with van der Waals surface area (Å²) in [7, 11) is 0. The summed E-state index contributed by atoms with van der Waals surface area (Å²) in [6.45, 7) is 6.48. The molecule has 0 N–H and O–H groups in total. The monoisotopic (exact) mass is 977 g/mol. The Morgan fingerprint density at radius 2 is 0.557 bits per heavy atom. The van der Waals surface area contributed by atoms with Gasteiger partial charge in [-0.15, -0.1) is 0 Å². The van der Waals surface area contributed by atoms with E-state index in [1.54, 1.807) is 0 Å². The van der Waals surface area contributed by atoms with Crippen LogP contribution in [0.3, 0.4) is 0 Å². The number of hydrogen-bond acceptors (Lipinski definition) is 6. The standard InChI is InChI=1S/C64H112O6/c1-4-7-10-13-16-19-21-23-25-26-27-28-29-30-31-32-33-34-35-36-37-38-40-41-43-45-48-51-54-57-63(66)69-60-61(59-68-62(65)56-53-50-47-18-15-12-9-6-3)70-64(67)58-55-52-49-46-44-42-39-24-22-20-17-14-11-8-5-2/h7,10,16-17,19-20,23-25,27-28,39,61H,4-6,8-9,11-15,18,21-22,26,29-38,40-60H2,1-3H3/b10-7-,19-16-,20-17-,25-23-,28-27-,39-24-. The lowest BCUT2D eigenvalue weighted by atomic mass is 10.0. The maximum absolute atomic E-state index is 12.8. The second-order valence-electron chi connectivity index (χ2n) is 19.9. The fourth-order valence-electron chi connectivity index (χ4n) is 8.47. The first-order valence-electron chi connectivity index (χ1n) is 29.9. The molecule has 0 bridgehead atoms. The average molecular weight is 978 g/mol. The van der Waals surface area contributed by atoms with Crippen molar-refractivity contribution in [2.45, 2.75) is 303 Å². The summed E-state index contributed by atoms with van der Waals surface area (Å²) in [5.74, 6) is -0.886. The molecule has 0 amide bonds. The topological polar surface area (TPSA) is 78.9 Å². The van der Waals surface area contributed by atoms with Crippen molar-refractivity contribution in [1.82, 2.24) is 0 Å². The van der Waals surface area contributed by atoms with Crippen molar-refractivity contribution in [3.63, 3.8) is 0 Å². The Morgan fingerprint density at radius 3 is 0.900 bits per heavy atom.